The Morgan fingerprint density at radius 2 is 2.16 bits per heavy atom. The second kappa shape index (κ2) is 6.19. The number of aliphatic hydroxyl groups excluding tert-OH is 1. The zero-order valence-electron chi connectivity index (χ0n) is 10.5. The Labute approximate surface area is 116 Å². The molecule has 0 fully saturated rings. The predicted octanol–water partition coefficient (Wildman–Crippen LogP) is 3.21. The van der Waals surface area contributed by atoms with Gasteiger partial charge in [0, 0.05) is 12.1 Å². The van der Waals surface area contributed by atoms with Crippen LogP contribution in [0, 0.1) is 5.82 Å². The Kier molecular flexibility index (Phi) is 4.58. The van der Waals surface area contributed by atoms with Gasteiger partial charge in [-0.05, 0) is 37.3 Å². The summed E-state index contributed by atoms with van der Waals surface area (Å²) in [6.07, 6.45) is -0.398. The number of hydrogen-bond donors (Lipinski definition) is 2. The third-order valence-electron chi connectivity index (χ3n) is 2.60. The molecule has 19 heavy (non-hydrogen) atoms. The molecule has 2 rings (SSSR count). The topological polar surface area (TPSA) is 45.4 Å². The quantitative estimate of drug-likeness (QED) is 0.886. The van der Waals surface area contributed by atoms with Crippen molar-refractivity contribution in [1.82, 2.24) is 5.32 Å². The van der Waals surface area contributed by atoms with Crippen molar-refractivity contribution in [3.05, 3.63) is 46.9 Å². The Morgan fingerprint density at radius 3 is 2.84 bits per heavy atom. The van der Waals surface area contributed by atoms with Crippen molar-refractivity contribution in [2.75, 3.05) is 6.54 Å². The number of hydrogen-bond acceptors (Lipinski definition) is 3. The smallest absolute Gasteiger partial charge is 0.141 e. The summed E-state index contributed by atoms with van der Waals surface area (Å²) in [5, 5.41) is 12.3. The van der Waals surface area contributed by atoms with Crippen LogP contribution in [0.4, 0.5) is 4.39 Å². The molecule has 0 unspecified atom stereocenters. The maximum atomic E-state index is 13.1. The predicted molar refractivity (Wildman–Crippen MR) is 72.5 cm³/mol. The van der Waals surface area contributed by atoms with Crippen LogP contribution in [0.5, 0.6) is 0 Å². The van der Waals surface area contributed by atoms with Crippen LogP contribution in [0.25, 0.3) is 11.3 Å². The summed E-state index contributed by atoms with van der Waals surface area (Å²) < 4.78 is 18.7. The summed E-state index contributed by atoms with van der Waals surface area (Å²) in [6.45, 7) is 2.74. The Morgan fingerprint density at radius 1 is 1.37 bits per heavy atom. The molecule has 1 aromatic heterocycles. The lowest BCUT2D eigenvalue weighted by Crippen LogP contribution is -2.23. The average Bonchev–Trinajstić information content (AvgIpc) is 2.81. The molecule has 102 valence electrons. The molecule has 0 radical (unpaired) electrons. The fraction of sp³-hybridized carbons (Fsp3) is 0.286. The fourth-order valence-corrected chi connectivity index (χ4v) is 1.86. The van der Waals surface area contributed by atoms with Crippen molar-refractivity contribution in [2.24, 2.45) is 0 Å². The summed E-state index contributed by atoms with van der Waals surface area (Å²) in [4.78, 5) is 0. The number of benzene rings is 1. The first-order chi connectivity index (χ1) is 9.06. The van der Waals surface area contributed by atoms with Gasteiger partial charge in [0.05, 0.1) is 17.7 Å². The molecule has 1 heterocycles. The molecule has 1 atom stereocenters. The molecular weight excluding hydrogens is 269 g/mol. The molecule has 0 saturated carbocycles. The molecule has 0 aliphatic carbocycles. The van der Waals surface area contributed by atoms with E-state index in [4.69, 9.17) is 21.1 Å². The van der Waals surface area contributed by atoms with Crippen molar-refractivity contribution >= 4 is 11.6 Å². The van der Waals surface area contributed by atoms with Gasteiger partial charge in [0.2, 0.25) is 0 Å². The van der Waals surface area contributed by atoms with Crippen molar-refractivity contribution in [1.29, 1.82) is 0 Å². The SMILES string of the molecule is C[C@@H](O)CNCc1ccc(-c2ccc(F)c(Cl)c2)o1. The largest absolute Gasteiger partial charge is 0.460 e. The summed E-state index contributed by atoms with van der Waals surface area (Å²) >= 11 is 5.73. The van der Waals surface area contributed by atoms with E-state index in [0.29, 0.717) is 18.8 Å². The fourth-order valence-electron chi connectivity index (χ4n) is 1.68. The first-order valence-corrected chi connectivity index (χ1v) is 6.37. The van der Waals surface area contributed by atoms with Gasteiger partial charge in [-0.15, -0.1) is 0 Å². The standard InChI is InChI=1S/C14H15ClFNO2/c1-9(18)7-17-8-11-3-5-14(19-11)10-2-4-13(16)12(15)6-10/h2-6,9,17-18H,7-8H2,1H3/t9-/m1/s1. The molecule has 5 heteroatoms. The van der Waals surface area contributed by atoms with Crippen LogP contribution in [0.15, 0.2) is 34.7 Å². The van der Waals surface area contributed by atoms with Gasteiger partial charge in [-0.3, -0.25) is 0 Å². The van der Waals surface area contributed by atoms with E-state index in [9.17, 15) is 4.39 Å². The second-order valence-corrected chi connectivity index (χ2v) is 4.78. The van der Waals surface area contributed by atoms with Gasteiger partial charge in [0.25, 0.3) is 0 Å². The third kappa shape index (κ3) is 3.80. The molecule has 0 bridgehead atoms. The first-order valence-electron chi connectivity index (χ1n) is 5.99. The van der Waals surface area contributed by atoms with E-state index in [0.717, 1.165) is 11.3 Å². The molecular formula is C14H15ClFNO2. The molecule has 0 aliphatic heterocycles. The highest BCUT2D eigenvalue weighted by Crippen LogP contribution is 2.26. The minimum absolute atomic E-state index is 0.0719. The van der Waals surface area contributed by atoms with E-state index in [2.05, 4.69) is 5.32 Å². The lowest BCUT2D eigenvalue weighted by atomic mass is 10.2. The Bertz CT molecular complexity index is 554. The summed E-state index contributed by atoms with van der Waals surface area (Å²) in [6, 6.07) is 8.10. The van der Waals surface area contributed by atoms with E-state index in [-0.39, 0.29) is 5.02 Å². The van der Waals surface area contributed by atoms with Crippen molar-refractivity contribution in [3.63, 3.8) is 0 Å². The number of rotatable bonds is 5. The van der Waals surface area contributed by atoms with Crippen LogP contribution in [0.3, 0.4) is 0 Å². The normalized spacial score (nSPS) is 12.6. The number of furan rings is 1. The van der Waals surface area contributed by atoms with Crippen LogP contribution in [0.2, 0.25) is 5.02 Å². The molecule has 0 spiro atoms. The van der Waals surface area contributed by atoms with Crippen molar-refractivity contribution in [3.8, 4) is 11.3 Å². The van der Waals surface area contributed by atoms with E-state index >= 15 is 0 Å². The highest BCUT2D eigenvalue weighted by atomic mass is 35.5. The van der Waals surface area contributed by atoms with E-state index in [1.54, 1.807) is 13.0 Å². The van der Waals surface area contributed by atoms with Crippen molar-refractivity contribution < 1.29 is 13.9 Å². The summed E-state index contributed by atoms with van der Waals surface area (Å²) in [5.74, 6) is 0.933. The number of nitrogens with one attached hydrogen (secondary N) is 1. The zero-order valence-corrected chi connectivity index (χ0v) is 11.2. The number of aliphatic hydroxyl groups is 1. The lowest BCUT2D eigenvalue weighted by molar-refractivity contribution is 0.190. The van der Waals surface area contributed by atoms with Gasteiger partial charge < -0.3 is 14.8 Å². The highest BCUT2D eigenvalue weighted by Gasteiger charge is 2.07. The minimum Gasteiger partial charge on any atom is -0.460 e. The monoisotopic (exact) mass is 283 g/mol. The van der Waals surface area contributed by atoms with Gasteiger partial charge in [0.1, 0.15) is 17.3 Å². The van der Waals surface area contributed by atoms with E-state index < -0.39 is 11.9 Å². The van der Waals surface area contributed by atoms with E-state index in [1.165, 1.54) is 12.1 Å². The number of halogens is 2. The van der Waals surface area contributed by atoms with Gasteiger partial charge >= 0.3 is 0 Å². The first kappa shape index (κ1) is 14.1. The molecule has 0 aliphatic rings. The minimum atomic E-state index is -0.448. The van der Waals surface area contributed by atoms with Gasteiger partial charge in [-0.2, -0.15) is 0 Å². The molecule has 0 saturated heterocycles. The lowest BCUT2D eigenvalue weighted by Gasteiger charge is -2.04. The molecule has 3 nitrogen and oxygen atoms in total. The molecule has 2 aromatic rings. The van der Waals surface area contributed by atoms with E-state index in [1.807, 2.05) is 12.1 Å². The Hall–Kier alpha value is -1.36. The maximum Gasteiger partial charge on any atom is 0.141 e. The summed E-state index contributed by atoms with van der Waals surface area (Å²) in [5.41, 5.74) is 0.730. The highest BCUT2D eigenvalue weighted by molar-refractivity contribution is 6.31. The van der Waals surface area contributed by atoms with Gasteiger partial charge in [-0.25, -0.2) is 4.39 Å². The van der Waals surface area contributed by atoms with Gasteiger partial charge in [-0.1, -0.05) is 11.6 Å². The van der Waals surface area contributed by atoms with Crippen LogP contribution < -0.4 is 5.32 Å². The van der Waals surface area contributed by atoms with Gasteiger partial charge in [0.15, 0.2) is 0 Å². The molecule has 2 N–H and O–H groups in total. The summed E-state index contributed by atoms with van der Waals surface area (Å²) in [7, 11) is 0. The Balaban J connectivity index is 2.05. The maximum absolute atomic E-state index is 13.1. The van der Waals surface area contributed by atoms with Crippen LogP contribution in [0.1, 0.15) is 12.7 Å². The van der Waals surface area contributed by atoms with Crippen LogP contribution in [-0.4, -0.2) is 17.8 Å². The zero-order chi connectivity index (χ0) is 13.8. The molecule has 0 amide bonds. The molecule has 1 aromatic carbocycles. The van der Waals surface area contributed by atoms with Crippen LogP contribution >= 0.6 is 11.6 Å². The average molecular weight is 284 g/mol. The second-order valence-electron chi connectivity index (χ2n) is 4.37. The van der Waals surface area contributed by atoms with Crippen LogP contribution in [-0.2, 0) is 6.54 Å². The van der Waals surface area contributed by atoms with Crippen molar-refractivity contribution in [2.45, 2.75) is 19.6 Å². The third-order valence-corrected chi connectivity index (χ3v) is 2.89.